The van der Waals surface area contributed by atoms with Crippen molar-refractivity contribution in [2.45, 2.75) is 115 Å². The van der Waals surface area contributed by atoms with Crippen LogP contribution in [0.3, 0.4) is 0 Å². The molecule has 1 aromatic carbocycles. The third-order valence-corrected chi connectivity index (χ3v) is 7.20. The van der Waals surface area contributed by atoms with E-state index in [1.54, 1.807) is 6.92 Å². The van der Waals surface area contributed by atoms with Gasteiger partial charge >= 0.3 is 6.09 Å². The van der Waals surface area contributed by atoms with Gasteiger partial charge in [0.25, 0.3) is 0 Å². The van der Waals surface area contributed by atoms with Crippen LogP contribution in [-0.4, -0.2) is 28.4 Å². The molecule has 0 aliphatic carbocycles. The number of nitrogens with one attached hydrogen (secondary N) is 1. The molecule has 0 aromatic heterocycles. The normalized spacial score (nSPS) is 14.9. The number of nitrogens with zero attached hydrogens (tertiary/aromatic N) is 1. The van der Waals surface area contributed by atoms with E-state index in [0.29, 0.717) is 10.8 Å². The van der Waals surface area contributed by atoms with Crippen LogP contribution < -0.4 is 5.32 Å². The van der Waals surface area contributed by atoms with Crippen LogP contribution in [0, 0.1) is 10.1 Å². The van der Waals surface area contributed by atoms with Crippen molar-refractivity contribution in [3.63, 3.8) is 0 Å². The van der Waals surface area contributed by atoms with E-state index in [-0.39, 0.29) is 17.4 Å². The Morgan fingerprint density at radius 2 is 1.72 bits per heavy atom. The van der Waals surface area contributed by atoms with Crippen LogP contribution in [0.2, 0.25) is 0 Å². The van der Waals surface area contributed by atoms with Crippen LogP contribution in [0.15, 0.2) is 24.3 Å². The lowest BCUT2D eigenvalue weighted by Crippen LogP contribution is -2.35. The highest BCUT2D eigenvalue weighted by atomic mass is 32.2. The average molecular weight is 467 g/mol. The van der Waals surface area contributed by atoms with Gasteiger partial charge in [0.1, 0.15) is 6.10 Å². The Labute approximate surface area is 198 Å². The number of nitro groups is 1. The molecule has 6 nitrogen and oxygen atoms in total. The molecule has 0 aliphatic heterocycles. The zero-order valence-corrected chi connectivity index (χ0v) is 21.3. The van der Waals surface area contributed by atoms with Crippen LogP contribution in [0.25, 0.3) is 0 Å². The van der Waals surface area contributed by atoms with E-state index in [4.69, 9.17) is 4.74 Å². The summed E-state index contributed by atoms with van der Waals surface area (Å²) in [7, 11) is 0. The van der Waals surface area contributed by atoms with E-state index < -0.39 is 18.2 Å². The fraction of sp³-hybridized carbons (Fsp3) is 0.720. The predicted molar refractivity (Wildman–Crippen MR) is 134 cm³/mol. The summed E-state index contributed by atoms with van der Waals surface area (Å²) in [5, 5.41) is 15.2. The first kappa shape index (κ1) is 28.3. The summed E-state index contributed by atoms with van der Waals surface area (Å²) >= 11 is 1.96. The van der Waals surface area contributed by atoms with E-state index in [1.807, 2.05) is 43.0 Å². The van der Waals surface area contributed by atoms with E-state index in [0.717, 1.165) is 31.4 Å². The van der Waals surface area contributed by atoms with Gasteiger partial charge in [-0.05, 0) is 38.7 Å². The highest BCUT2D eigenvalue weighted by molar-refractivity contribution is 7.99. The summed E-state index contributed by atoms with van der Waals surface area (Å²) in [6.45, 7) is 10.2. The molecule has 0 bridgehead atoms. The molecular weight excluding hydrogens is 424 g/mol. The van der Waals surface area contributed by atoms with Gasteiger partial charge in [-0.1, -0.05) is 70.7 Å². The number of carbonyl (C=O) groups is 1. The monoisotopic (exact) mass is 466 g/mol. The molecule has 182 valence electrons. The second-order valence-corrected chi connectivity index (χ2v) is 9.95. The second kappa shape index (κ2) is 15.9. The number of benzene rings is 1. The van der Waals surface area contributed by atoms with Crippen LogP contribution in [0.5, 0.6) is 0 Å². The molecule has 1 rings (SSSR count). The van der Waals surface area contributed by atoms with Gasteiger partial charge in [-0.3, -0.25) is 10.1 Å². The standard InChI is InChI=1S/C25H42N2O4S/c1-6-9-11-19(4)26-25(28)31-20(5)17-24(27(29)30)22-15-13-21(14-16-22)18-32-23(8-3)12-10-7-2/h13-16,19-20,23-24H,6-12,17-18H2,1-5H3,(H,26,28). The molecule has 1 N–H and O–H groups in total. The minimum atomic E-state index is -0.898. The lowest BCUT2D eigenvalue weighted by Gasteiger charge is -2.19. The van der Waals surface area contributed by atoms with Crippen molar-refractivity contribution in [1.29, 1.82) is 0 Å². The van der Waals surface area contributed by atoms with Crippen molar-refractivity contribution in [1.82, 2.24) is 5.32 Å². The quantitative estimate of drug-likeness (QED) is 0.204. The second-order valence-electron chi connectivity index (χ2n) is 8.67. The Hall–Kier alpha value is -1.76. The van der Waals surface area contributed by atoms with Crippen molar-refractivity contribution >= 4 is 17.9 Å². The minimum absolute atomic E-state index is 0.0284. The highest BCUT2D eigenvalue weighted by Crippen LogP contribution is 2.27. The van der Waals surface area contributed by atoms with Gasteiger partial charge in [0.15, 0.2) is 0 Å². The van der Waals surface area contributed by atoms with Crippen molar-refractivity contribution in [3.05, 3.63) is 45.5 Å². The molecule has 1 aromatic rings. The number of ether oxygens (including phenoxy) is 1. The molecule has 0 spiro atoms. The number of amides is 1. The van der Waals surface area contributed by atoms with E-state index in [2.05, 4.69) is 26.1 Å². The lowest BCUT2D eigenvalue weighted by molar-refractivity contribution is -0.531. The number of unbranched alkanes of at least 4 members (excludes halogenated alkanes) is 2. The van der Waals surface area contributed by atoms with Crippen LogP contribution in [0.1, 0.15) is 103 Å². The van der Waals surface area contributed by atoms with Gasteiger partial charge in [-0.2, -0.15) is 11.8 Å². The maximum absolute atomic E-state index is 12.1. The Bertz CT molecular complexity index is 668. The summed E-state index contributed by atoms with van der Waals surface area (Å²) in [6.07, 6.45) is 6.95. The fourth-order valence-corrected chi connectivity index (χ4v) is 4.78. The lowest BCUT2D eigenvalue weighted by atomic mass is 10.0. The number of carbonyl (C=O) groups excluding carboxylic acids is 1. The molecule has 0 aliphatic rings. The maximum atomic E-state index is 12.1. The summed E-state index contributed by atoms with van der Waals surface area (Å²) in [5.41, 5.74) is 1.83. The first-order valence-electron chi connectivity index (χ1n) is 12.1. The molecule has 1 amide bonds. The van der Waals surface area contributed by atoms with Gasteiger partial charge in [0.05, 0.1) is 6.42 Å². The molecule has 7 heteroatoms. The molecule has 0 radical (unpaired) electrons. The fourth-order valence-electron chi connectivity index (χ4n) is 3.59. The zero-order chi connectivity index (χ0) is 23.9. The highest BCUT2D eigenvalue weighted by Gasteiger charge is 2.27. The van der Waals surface area contributed by atoms with Gasteiger partial charge in [0.2, 0.25) is 6.04 Å². The number of alkyl carbamates (subject to hydrolysis) is 1. The van der Waals surface area contributed by atoms with E-state index in [1.165, 1.54) is 24.8 Å². The summed E-state index contributed by atoms with van der Waals surface area (Å²) in [5.74, 6) is 0.918. The molecule has 4 unspecified atom stereocenters. The molecular formula is C25H42N2O4S. The minimum Gasteiger partial charge on any atom is -0.446 e. The van der Waals surface area contributed by atoms with Gasteiger partial charge in [-0.25, -0.2) is 4.79 Å². The maximum Gasteiger partial charge on any atom is 0.407 e. The van der Waals surface area contributed by atoms with E-state index in [9.17, 15) is 14.9 Å². The van der Waals surface area contributed by atoms with Crippen LogP contribution in [0.4, 0.5) is 4.79 Å². The van der Waals surface area contributed by atoms with Gasteiger partial charge < -0.3 is 10.1 Å². The van der Waals surface area contributed by atoms with Crippen LogP contribution in [-0.2, 0) is 10.5 Å². The summed E-state index contributed by atoms with van der Waals surface area (Å²) in [6, 6.07) is 6.79. The first-order chi connectivity index (χ1) is 15.3. The Morgan fingerprint density at radius 1 is 1.09 bits per heavy atom. The Balaban J connectivity index is 2.61. The number of hydrogen-bond donors (Lipinski definition) is 1. The van der Waals surface area contributed by atoms with Crippen LogP contribution >= 0.6 is 11.8 Å². The van der Waals surface area contributed by atoms with Crippen molar-refractivity contribution in [2.24, 2.45) is 0 Å². The summed E-state index contributed by atoms with van der Waals surface area (Å²) < 4.78 is 5.38. The third-order valence-electron chi connectivity index (χ3n) is 5.66. The topological polar surface area (TPSA) is 81.5 Å². The van der Waals surface area contributed by atoms with Gasteiger partial charge in [0, 0.05) is 27.5 Å². The molecule has 0 heterocycles. The van der Waals surface area contributed by atoms with Gasteiger partial charge in [-0.15, -0.1) is 0 Å². The van der Waals surface area contributed by atoms with Crippen molar-refractivity contribution < 1.29 is 14.5 Å². The molecule has 4 atom stereocenters. The van der Waals surface area contributed by atoms with Crippen molar-refractivity contribution in [3.8, 4) is 0 Å². The molecule has 0 fully saturated rings. The molecule has 0 saturated carbocycles. The number of thioether (sulfide) groups is 1. The number of rotatable bonds is 16. The Morgan fingerprint density at radius 3 is 2.28 bits per heavy atom. The SMILES string of the molecule is CCCCC(C)NC(=O)OC(C)CC(c1ccc(CSC(CC)CCCC)cc1)[N+](=O)[O-]. The average Bonchev–Trinajstić information content (AvgIpc) is 2.76. The number of hydrogen-bond acceptors (Lipinski definition) is 5. The first-order valence-corrected chi connectivity index (χ1v) is 13.2. The third kappa shape index (κ3) is 11.2. The smallest absolute Gasteiger partial charge is 0.407 e. The zero-order valence-electron chi connectivity index (χ0n) is 20.5. The molecule has 32 heavy (non-hydrogen) atoms. The van der Waals surface area contributed by atoms with Crippen molar-refractivity contribution in [2.75, 3.05) is 0 Å². The summed E-state index contributed by atoms with van der Waals surface area (Å²) in [4.78, 5) is 23.5. The Kier molecular flexibility index (Phi) is 14.1. The van der Waals surface area contributed by atoms with E-state index >= 15 is 0 Å². The largest absolute Gasteiger partial charge is 0.446 e. The predicted octanol–water partition coefficient (Wildman–Crippen LogP) is 7.29. The molecule has 0 saturated heterocycles.